The Bertz CT molecular complexity index is 834. The molecule has 3 aromatic carbocycles. The van der Waals surface area contributed by atoms with Crippen LogP contribution in [0.15, 0.2) is 36.4 Å². The van der Waals surface area contributed by atoms with Gasteiger partial charge < -0.3 is 10.2 Å². The van der Waals surface area contributed by atoms with E-state index in [9.17, 15) is 10.2 Å². The Hall–Kier alpha value is -2.22. The molecule has 0 amide bonds. The molecule has 100 valence electrons. The van der Waals surface area contributed by atoms with E-state index in [1.54, 1.807) is 0 Å². The van der Waals surface area contributed by atoms with Crippen LogP contribution in [0.25, 0.3) is 21.5 Å². The number of rotatable bonds is 0. The van der Waals surface area contributed by atoms with Crippen LogP contribution in [-0.2, 0) is 12.8 Å². The molecule has 0 saturated heterocycles. The van der Waals surface area contributed by atoms with Crippen molar-refractivity contribution < 1.29 is 10.2 Å². The molecule has 2 heteroatoms. The summed E-state index contributed by atoms with van der Waals surface area (Å²) < 4.78 is 0. The van der Waals surface area contributed by atoms with Crippen LogP contribution in [0.3, 0.4) is 0 Å². The van der Waals surface area contributed by atoms with Crippen molar-refractivity contribution in [2.24, 2.45) is 0 Å². The van der Waals surface area contributed by atoms with Crippen LogP contribution in [0.4, 0.5) is 0 Å². The summed E-state index contributed by atoms with van der Waals surface area (Å²) in [5.74, 6) is 0.708. The molecule has 1 aliphatic rings. The van der Waals surface area contributed by atoms with Crippen LogP contribution >= 0.6 is 0 Å². The van der Waals surface area contributed by atoms with E-state index in [-0.39, 0.29) is 0 Å². The number of hydrogen-bond acceptors (Lipinski definition) is 2. The fourth-order valence-electron chi connectivity index (χ4n) is 3.52. The quantitative estimate of drug-likeness (QED) is 0.595. The summed E-state index contributed by atoms with van der Waals surface area (Å²) in [5, 5.41) is 24.7. The van der Waals surface area contributed by atoms with Crippen molar-refractivity contribution in [1.29, 1.82) is 0 Å². The van der Waals surface area contributed by atoms with Gasteiger partial charge in [-0.1, -0.05) is 24.3 Å². The minimum absolute atomic E-state index is 0.330. The minimum atomic E-state index is 0.330. The second-order valence-corrected chi connectivity index (χ2v) is 5.60. The molecule has 0 radical (unpaired) electrons. The highest BCUT2D eigenvalue weighted by atomic mass is 16.3. The van der Waals surface area contributed by atoms with E-state index in [0.29, 0.717) is 11.5 Å². The summed E-state index contributed by atoms with van der Waals surface area (Å²) >= 11 is 0. The number of phenolic OH excluding ortho intramolecular Hbond substituents is 2. The van der Waals surface area contributed by atoms with E-state index in [1.165, 1.54) is 0 Å². The Balaban J connectivity index is 2.24. The highest BCUT2D eigenvalue weighted by Crippen LogP contribution is 2.42. The number of benzene rings is 3. The first-order chi connectivity index (χ1) is 9.75. The summed E-state index contributed by atoms with van der Waals surface area (Å²) in [6.45, 7) is 0. The van der Waals surface area contributed by atoms with Crippen molar-refractivity contribution in [2.75, 3.05) is 0 Å². The van der Waals surface area contributed by atoms with Gasteiger partial charge in [0.2, 0.25) is 0 Å². The van der Waals surface area contributed by atoms with Crippen LogP contribution in [0.5, 0.6) is 11.5 Å². The lowest BCUT2D eigenvalue weighted by Crippen LogP contribution is -2.04. The molecule has 0 atom stereocenters. The first-order valence-corrected chi connectivity index (χ1v) is 7.14. The third kappa shape index (κ3) is 1.51. The van der Waals surface area contributed by atoms with Gasteiger partial charge in [0.05, 0.1) is 0 Å². The van der Waals surface area contributed by atoms with Crippen LogP contribution in [0, 0.1) is 0 Å². The number of aromatic hydroxyl groups is 2. The molecule has 3 aromatic rings. The van der Waals surface area contributed by atoms with Crippen LogP contribution in [0.2, 0.25) is 0 Å². The molecule has 0 bridgehead atoms. The van der Waals surface area contributed by atoms with Crippen molar-refractivity contribution in [1.82, 2.24) is 0 Å². The molecule has 0 fully saturated rings. The Kier molecular flexibility index (Phi) is 2.40. The van der Waals surface area contributed by atoms with Crippen molar-refractivity contribution in [2.45, 2.75) is 25.7 Å². The second kappa shape index (κ2) is 4.14. The number of phenols is 2. The largest absolute Gasteiger partial charge is 0.508 e. The molecule has 0 heterocycles. The first kappa shape index (κ1) is 11.6. The molecule has 0 saturated carbocycles. The van der Waals surface area contributed by atoms with Crippen LogP contribution < -0.4 is 0 Å². The Labute approximate surface area is 117 Å². The van der Waals surface area contributed by atoms with Crippen molar-refractivity contribution in [3.8, 4) is 11.5 Å². The predicted octanol–water partition coefficient (Wildman–Crippen LogP) is 4.28. The predicted molar refractivity (Wildman–Crippen MR) is 81.4 cm³/mol. The van der Waals surface area contributed by atoms with E-state index in [1.807, 2.05) is 36.4 Å². The Morgan fingerprint density at radius 2 is 1.50 bits per heavy atom. The Morgan fingerprint density at radius 3 is 2.35 bits per heavy atom. The van der Waals surface area contributed by atoms with Gasteiger partial charge in [-0.05, 0) is 65.1 Å². The third-order valence-corrected chi connectivity index (χ3v) is 4.43. The van der Waals surface area contributed by atoms with Gasteiger partial charge in [-0.25, -0.2) is 0 Å². The average molecular weight is 264 g/mol. The summed E-state index contributed by atoms with van der Waals surface area (Å²) in [7, 11) is 0. The lowest BCUT2D eigenvalue weighted by molar-refractivity contribution is 0.462. The maximum atomic E-state index is 10.4. The van der Waals surface area contributed by atoms with Crippen LogP contribution in [0.1, 0.15) is 24.0 Å². The van der Waals surface area contributed by atoms with Crippen molar-refractivity contribution >= 4 is 21.5 Å². The number of hydrogen-bond donors (Lipinski definition) is 2. The summed E-state index contributed by atoms with van der Waals surface area (Å²) in [4.78, 5) is 0. The van der Waals surface area contributed by atoms with Crippen LogP contribution in [-0.4, -0.2) is 10.2 Å². The summed E-state index contributed by atoms with van der Waals surface area (Å²) in [6, 6.07) is 11.7. The smallest absolute Gasteiger partial charge is 0.124 e. The monoisotopic (exact) mass is 264 g/mol. The molecule has 2 N–H and O–H groups in total. The molecular formula is C18H16O2. The van der Waals surface area contributed by atoms with Gasteiger partial charge in [0.25, 0.3) is 0 Å². The van der Waals surface area contributed by atoms with Crippen molar-refractivity contribution in [3.05, 3.63) is 47.5 Å². The number of fused-ring (bicyclic) bond motifs is 5. The molecule has 4 rings (SSSR count). The SMILES string of the molecule is Oc1cc2c(c(O)cc3ccccc32)c2c1CCCC2. The van der Waals surface area contributed by atoms with Crippen molar-refractivity contribution in [3.63, 3.8) is 0 Å². The van der Waals surface area contributed by atoms with Gasteiger partial charge in [-0.2, -0.15) is 0 Å². The van der Waals surface area contributed by atoms with Gasteiger partial charge in [-0.3, -0.25) is 0 Å². The minimum Gasteiger partial charge on any atom is -0.508 e. The third-order valence-electron chi connectivity index (χ3n) is 4.43. The zero-order chi connectivity index (χ0) is 13.7. The normalized spacial score (nSPS) is 14.6. The van der Waals surface area contributed by atoms with E-state index in [0.717, 1.165) is 58.4 Å². The highest BCUT2D eigenvalue weighted by Gasteiger charge is 2.19. The number of aryl methyl sites for hydroxylation is 1. The van der Waals surface area contributed by atoms with Gasteiger partial charge in [0.15, 0.2) is 0 Å². The topological polar surface area (TPSA) is 40.5 Å². The molecule has 0 aliphatic heterocycles. The van der Waals surface area contributed by atoms with Gasteiger partial charge in [-0.15, -0.1) is 0 Å². The lowest BCUT2D eigenvalue weighted by Gasteiger charge is -2.21. The van der Waals surface area contributed by atoms with Gasteiger partial charge >= 0.3 is 0 Å². The fourth-order valence-corrected chi connectivity index (χ4v) is 3.52. The van der Waals surface area contributed by atoms with E-state index in [4.69, 9.17) is 0 Å². The van der Waals surface area contributed by atoms with E-state index >= 15 is 0 Å². The van der Waals surface area contributed by atoms with E-state index < -0.39 is 0 Å². The maximum Gasteiger partial charge on any atom is 0.124 e. The lowest BCUT2D eigenvalue weighted by atomic mass is 9.85. The molecule has 0 aromatic heterocycles. The molecule has 0 unspecified atom stereocenters. The van der Waals surface area contributed by atoms with Gasteiger partial charge in [0.1, 0.15) is 11.5 Å². The summed E-state index contributed by atoms with van der Waals surface area (Å²) in [5.41, 5.74) is 2.16. The highest BCUT2D eigenvalue weighted by molar-refractivity contribution is 6.12. The standard InChI is InChI=1S/C18H16O2/c19-16-10-15-12-6-2-1-5-11(12)9-17(20)18(15)14-8-4-3-7-13(14)16/h1-2,5-6,9-10,19-20H,3-4,7-8H2. The van der Waals surface area contributed by atoms with Gasteiger partial charge in [0, 0.05) is 5.39 Å². The fraction of sp³-hybridized carbons (Fsp3) is 0.222. The second-order valence-electron chi connectivity index (χ2n) is 5.60. The molecule has 2 nitrogen and oxygen atoms in total. The molecular weight excluding hydrogens is 248 g/mol. The van der Waals surface area contributed by atoms with E-state index in [2.05, 4.69) is 0 Å². The maximum absolute atomic E-state index is 10.4. The molecule has 1 aliphatic carbocycles. The average Bonchev–Trinajstić information content (AvgIpc) is 2.47. The molecule has 0 spiro atoms. The zero-order valence-corrected chi connectivity index (χ0v) is 11.2. The summed E-state index contributed by atoms with van der Waals surface area (Å²) in [6.07, 6.45) is 4.08. The molecule has 20 heavy (non-hydrogen) atoms. The Morgan fingerprint density at radius 1 is 0.750 bits per heavy atom. The zero-order valence-electron chi connectivity index (χ0n) is 11.2. The first-order valence-electron chi connectivity index (χ1n) is 7.14.